The molecule has 0 spiro atoms. The average Bonchev–Trinajstić information content (AvgIpc) is 2.23. The van der Waals surface area contributed by atoms with E-state index in [0.717, 1.165) is 12.0 Å². The maximum atomic E-state index is 11.5. The van der Waals surface area contributed by atoms with Crippen molar-refractivity contribution in [3.8, 4) is 0 Å². The van der Waals surface area contributed by atoms with Gasteiger partial charge in [-0.15, -0.1) is 0 Å². The quantitative estimate of drug-likeness (QED) is 0.411. The second-order valence-corrected chi connectivity index (χ2v) is 3.63. The Balaban J connectivity index is 2.49. The molecule has 88 valence electrons. The van der Waals surface area contributed by atoms with Crippen molar-refractivity contribution >= 4 is 17.3 Å². The molecule has 0 aliphatic rings. The van der Waals surface area contributed by atoms with Gasteiger partial charge in [-0.3, -0.25) is 4.79 Å². The van der Waals surface area contributed by atoms with E-state index in [1.807, 2.05) is 0 Å². The highest BCUT2D eigenvalue weighted by Gasteiger charge is 2.05. The van der Waals surface area contributed by atoms with E-state index in [2.05, 4.69) is 5.32 Å². The highest BCUT2D eigenvalue weighted by Crippen LogP contribution is 2.15. The van der Waals surface area contributed by atoms with Crippen molar-refractivity contribution in [1.29, 1.82) is 0 Å². The Bertz CT molecular complexity index is 365. The van der Waals surface area contributed by atoms with E-state index < -0.39 is 0 Å². The molecule has 0 radical (unpaired) electrons. The summed E-state index contributed by atoms with van der Waals surface area (Å²) in [4.78, 5) is 11.5. The molecule has 0 saturated carbocycles. The lowest BCUT2D eigenvalue weighted by molar-refractivity contribution is -0.120. The zero-order valence-electron chi connectivity index (χ0n) is 9.20. The Labute approximate surface area is 95.0 Å². The zero-order chi connectivity index (χ0) is 12.0. The molecule has 0 fully saturated rings. The molecule has 1 aromatic rings. The first-order valence-electron chi connectivity index (χ1n) is 5.24. The molecule has 0 bridgehead atoms. The van der Waals surface area contributed by atoms with Crippen LogP contribution >= 0.6 is 0 Å². The van der Waals surface area contributed by atoms with Gasteiger partial charge in [-0.05, 0) is 30.7 Å². The predicted molar refractivity (Wildman–Crippen MR) is 65.7 cm³/mol. The Morgan fingerprint density at radius 2 is 2.06 bits per heavy atom. The largest absolute Gasteiger partial charge is 0.399 e. The second-order valence-electron chi connectivity index (χ2n) is 3.63. The lowest BCUT2D eigenvalue weighted by atomic mass is 10.1. The lowest BCUT2D eigenvalue weighted by Crippen LogP contribution is -2.27. The fourth-order valence-corrected chi connectivity index (χ4v) is 1.34. The van der Waals surface area contributed by atoms with Gasteiger partial charge in [0.05, 0.1) is 6.42 Å². The molecule has 0 aliphatic heterocycles. The van der Waals surface area contributed by atoms with Gasteiger partial charge in [0.15, 0.2) is 0 Å². The van der Waals surface area contributed by atoms with Crippen LogP contribution in [0.3, 0.4) is 0 Å². The summed E-state index contributed by atoms with van der Waals surface area (Å²) in [7, 11) is 0. The molecule has 0 atom stereocenters. The predicted octanol–water partition coefficient (Wildman–Crippen LogP) is -0.141. The monoisotopic (exact) mass is 222 g/mol. The third-order valence-electron chi connectivity index (χ3n) is 2.22. The minimum Gasteiger partial charge on any atom is -0.399 e. The molecular formula is C11H18N4O. The lowest BCUT2D eigenvalue weighted by Gasteiger charge is -2.07. The van der Waals surface area contributed by atoms with Crippen LogP contribution in [0, 0.1) is 0 Å². The van der Waals surface area contributed by atoms with Crippen molar-refractivity contribution < 1.29 is 4.79 Å². The SMILES string of the molecule is NCCCNC(=O)Cc1ccc(N)cc1N. The van der Waals surface area contributed by atoms with Crippen LogP contribution in [0.2, 0.25) is 0 Å². The van der Waals surface area contributed by atoms with E-state index >= 15 is 0 Å². The van der Waals surface area contributed by atoms with E-state index in [-0.39, 0.29) is 12.3 Å². The number of rotatable bonds is 5. The zero-order valence-corrected chi connectivity index (χ0v) is 9.20. The second kappa shape index (κ2) is 5.97. The van der Waals surface area contributed by atoms with Crippen LogP contribution in [-0.2, 0) is 11.2 Å². The van der Waals surface area contributed by atoms with Crippen molar-refractivity contribution in [2.24, 2.45) is 5.73 Å². The van der Waals surface area contributed by atoms with Gasteiger partial charge in [-0.2, -0.15) is 0 Å². The first kappa shape index (κ1) is 12.3. The van der Waals surface area contributed by atoms with Crippen LogP contribution in [0.15, 0.2) is 18.2 Å². The number of hydrogen-bond donors (Lipinski definition) is 4. The number of anilines is 2. The first-order valence-corrected chi connectivity index (χ1v) is 5.24. The van der Waals surface area contributed by atoms with E-state index in [9.17, 15) is 4.79 Å². The average molecular weight is 222 g/mol. The van der Waals surface area contributed by atoms with E-state index in [0.29, 0.717) is 24.5 Å². The van der Waals surface area contributed by atoms with Crippen molar-refractivity contribution in [1.82, 2.24) is 5.32 Å². The van der Waals surface area contributed by atoms with E-state index in [1.165, 1.54) is 0 Å². The molecule has 5 nitrogen and oxygen atoms in total. The Kier molecular flexibility index (Phi) is 4.60. The topological polar surface area (TPSA) is 107 Å². The normalized spacial score (nSPS) is 10.1. The number of nitrogen functional groups attached to an aromatic ring is 2. The molecule has 0 aliphatic carbocycles. The van der Waals surface area contributed by atoms with Crippen LogP contribution in [0.1, 0.15) is 12.0 Å². The van der Waals surface area contributed by atoms with Gasteiger partial charge in [0.1, 0.15) is 0 Å². The van der Waals surface area contributed by atoms with Gasteiger partial charge in [-0.1, -0.05) is 6.07 Å². The molecule has 16 heavy (non-hydrogen) atoms. The van der Waals surface area contributed by atoms with Gasteiger partial charge in [0, 0.05) is 17.9 Å². The van der Waals surface area contributed by atoms with Crippen LogP contribution in [0.25, 0.3) is 0 Å². The Hall–Kier alpha value is -1.75. The van der Waals surface area contributed by atoms with E-state index in [4.69, 9.17) is 17.2 Å². The fraction of sp³-hybridized carbons (Fsp3) is 0.364. The smallest absolute Gasteiger partial charge is 0.224 e. The summed E-state index contributed by atoms with van der Waals surface area (Å²) in [5.74, 6) is -0.0510. The van der Waals surface area contributed by atoms with Crippen LogP contribution in [0.5, 0.6) is 0 Å². The van der Waals surface area contributed by atoms with Gasteiger partial charge >= 0.3 is 0 Å². The minimum atomic E-state index is -0.0510. The van der Waals surface area contributed by atoms with Gasteiger partial charge in [0.2, 0.25) is 5.91 Å². The molecule has 1 rings (SSSR count). The maximum absolute atomic E-state index is 11.5. The van der Waals surface area contributed by atoms with Crippen LogP contribution < -0.4 is 22.5 Å². The molecule has 7 N–H and O–H groups in total. The van der Waals surface area contributed by atoms with Gasteiger partial charge in [-0.25, -0.2) is 0 Å². The molecule has 5 heteroatoms. The van der Waals surface area contributed by atoms with Gasteiger partial charge < -0.3 is 22.5 Å². The number of carbonyl (C=O) groups excluding carboxylic acids is 1. The van der Waals surface area contributed by atoms with Crippen molar-refractivity contribution in [2.45, 2.75) is 12.8 Å². The number of nitrogens with two attached hydrogens (primary N) is 3. The van der Waals surface area contributed by atoms with Crippen molar-refractivity contribution in [2.75, 3.05) is 24.6 Å². The van der Waals surface area contributed by atoms with Crippen molar-refractivity contribution in [3.63, 3.8) is 0 Å². The molecule has 1 amide bonds. The number of benzene rings is 1. The molecule has 0 unspecified atom stereocenters. The summed E-state index contributed by atoms with van der Waals surface area (Å²) in [5, 5.41) is 2.77. The molecule has 0 saturated heterocycles. The first-order chi connectivity index (χ1) is 7.63. The summed E-state index contributed by atoms with van der Waals surface area (Å²) >= 11 is 0. The molecular weight excluding hydrogens is 204 g/mol. The number of carbonyl (C=O) groups is 1. The Morgan fingerprint density at radius 3 is 2.69 bits per heavy atom. The summed E-state index contributed by atoms with van der Waals surface area (Å²) in [6, 6.07) is 5.16. The highest BCUT2D eigenvalue weighted by molar-refractivity contribution is 5.80. The number of nitrogens with one attached hydrogen (secondary N) is 1. The summed E-state index contributed by atoms with van der Waals surface area (Å²) < 4.78 is 0. The Morgan fingerprint density at radius 1 is 1.31 bits per heavy atom. The third kappa shape index (κ3) is 3.78. The standard InChI is InChI=1S/C11H18N4O/c12-4-1-5-15-11(16)6-8-2-3-9(13)7-10(8)14/h2-3,7H,1,4-6,12-14H2,(H,15,16). The number of hydrogen-bond acceptors (Lipinski definition) is 4. The maximum Gasteiger partial charge on any atom is 0.224 e. The third-order valence-corrected chi connectivity index (χ3v) is 2.22. The van der Waals surface area contributed by atoms with Gasteiger partial charge in [0.25, 0.3) is 0 Å². The highest BCUT2D eigenvalue weighted by atomic mass is 16.1. The van der Waals surface area contributed by atoms with E-state index in [1.54, 1.807) is 18.2 Å². The molecule has 0 aromatic heterocycles. The summed E-state index contributed by atoms with van der Waals surface area (Å²) in [6.07, 6.45) is 1.06. The minimum absolute atomic E-state index is 0.0510. The summed E-state index contributed by atoms with van der Waals surface area (Å²) in [6.45, 7) is 1.18. The number of amides is 1. The van der Waals surface area contributed by atoms with Crippen LogP contribution in [-0.4, -0.2) is 19.0 Å². The molecule has 0 heterocycles. The van der Waals surface area contributed by atoms with Crippen molar-refractivity contribution in [3.05, 3.63) is 23.8 Å². The molecule has 1 aromatic carbocycles. The summed E-state index contributed by atoms with van der Waals surface area (Å²) in [5.41, 5.74) is 18.6. The van der Waals surface area contributed by atoms with Crippen LogP contribution in [0.4, 0.5) is 11.4 Å². The fourth-order valence-electron chi connectivity index (χ4n) is 1.34.